The van der Waals surface area contributed by atoms with Crippen LogP contribution in [0.1, 0.15) is 32.3 Å². The molecular formula is C13H18F2O2. The van der Waals surface area contributed by atoms with Crippen LogP contribution < -0.4 is 9.47 Å². The lowest BCUT2D eigenvalue weighted by Gasteiger charge is -2.12. The predicted octanol–water partition coefficient (Wildman–Crippen LogP) is 4.16. The molecule has 0 aromatic heterocycles. The molecule has 0 N–H and O–H groups in total. The van der Waals surface area contributed by atoms with Crippen LogP contribution in [0.15, 0.2) is 18.2 Å². The molecule has 0 spiro atoms. The second kappa shape index (κ2) is 6.42. The van der Waals surface area contributed by atoms with E-state index in [1.165, 1.54) is 6.07 Å². The van der Waals surface area contributed by atoms with Crippen LogP contribution in [0.5, 0.6) is 11.5 Å². The first kappa shape index (κ1) is 13.7. The molecule has 1 saturated carbocycles. The van der Waals surface area contributed by atoms with E-state index in [1.54, 1.807) is 12.1 Å². The lowest BCUT2D eigenvalue weighted by atomic mass is 10.2. The number of hydrogen-bond donors (Lipinski definition) is 0. The van der Waals surface area contributed by atoms with Gasteiger partial charge in [0.15, 0.2) is 11.5 Å². The van der Waals surface area contributed by atoms with E-state index in [-0.39, 0.29) is 11.9 Å². The van der Waals surface area contributed by atoms with Gasteiger partial charge in [-0.1, -0.05) is 19.9 Å². The van der Waals surface area contributed by atoms with E-state index in [2.05, 4.69) is 4.74 Å². The monoisotopic (exact) mass is 244 g/mol. The van der Waals surface area contributed by atoms with Crippen molar-refractivity contribution >= 4 is 0 Å². The zero-order chi connectivity index (χ0) is 12.8. The third-order valence-corrected chi connectivity index (χ3v) is 2.13. The first-order chi connectivity index (χ1) is 8.15. The normalized spacial score (nSPS) is 14.0. The van der Waals surface area contributed by atoms with Crippen molar-refractivity contribution in [2.24, 2.45) is 0 Å². The number of halogens is 2. The molecule has 0 heterocycles. The smallest absolute Gasteiger partial charge is 0.387 e. The van der Waals surface area contributed by atoms with Gasteiger partial charge >= 0.3 is 6.61 Å². The summed E-state index contributed by atoms with van der Waals surface area (Å²) in [5.41, 5.74) is 0.965. The standard InChI is InChI=1S/C11H12F2O2.C2H6/c1-7-2-5-9(15-11(12)13)10(6-7)14-8-3-4-8;1-2/h2,5-6,8,11H,3-4H2,1H3;1-2H3. The van der Waals surface area contributed by atoms with Crippen molar-refractivity contribution < 1.29 is 18.3 Å². The van der Waals surface area contributed by atoms with Crippen LogP contribution in [0.25, 0.3) is 0 Å². The second-order valence-electron chi connectivity index (χ2n) is 3.65. The maximum atomic E-state index is 12.1. The van der Waals surface area contributed by atoms with Crippen molar-refractivity contribution in [3.05, 3.63) is 23.8 Å². The van der Waals surface area contributed by atoms with Crippen LogP contribution in [-0.4, -0.2) is 12.7 Å². The van der Waals surface area contributed by atoms with Gasteiger partial charge in [-0.25, -0.2) is 0 Å². The zero-order valence-electron chi connectivity index (χ0n) is 10.4. The fourth-order valence-corrected chi connectivity index (χ4v) is 1.27. The SMILES string of the molecule is CC.Cc1ccc(OC(F)F)c(OC2CC2)c1. The molecule has 0 radical (unpaired) electrons. The molecule has 0 bridgehead atoms. The average Bonchev–Trinajstić information content (AvgIpc) is 3.08. The average molecular weight is 244 g/mol. The van der Waals surface area contributed by atoms with Crippen molar-refractivity contribution in [3.8, 4) is 11.5 Å². The highest BCUT2D eigenvalue weighted by molar-refractivity contribution is 5.43. The summed E-state index contributed by atoms with van der Waals surface area (Å²) in [6, 6.07) is 4.95. The Bertz CT molecular complexity index is 349. The molecule has 1 aromatic rings. The minimum absolute atomic E-state index is 0.113. The van der Waals surface area contributed by atoms with Gasteiger partial charge in [0, 0.05) is 0 Å². The van der Waals surface area contributed by atoms with Crippen molar-refractivity contribution in [1.29, 1.82) is 0 Å². The Hall–Kier alpha value is -1.32. The molecule has 1 fully saturated rings. The summed E-state index contributed by atoms with van der Waals surface area (Å²) in [6.07, 6.45) is 2.15. The zero-order valence-corrected chi connectivity index (χ0v) is 10.4. The maximum absolute atomic E-state index is 12.1. The molecular weight excluding hydrogens is 226 g/mol. The fraction of sp³-hybridized carbons (Fsp3) is 0.538. The second-order valence-corrected chi connectivity index (χ2v) is 3.65. The Kier molecular flexibility index (Phi) is 5.19. The van der Waals surface area contributed by atoms with Crippen molar-refractivity contribution in [2.45, 2.75) is 46.3 Å². The molecule has 1 aromatic carbocycles. The van der Waals surface area contributed by atoms with Crippen LogP contribution in [0.2, 0.25) is 0 Å². The van der Waals surface area contributed by atoms with Crippen LogP contribution >= 0.6 is 0 Å². The molecule has 0 unspecified atom stereocenters. The Morgan fingerprint density at radius 3 is 2.35 bits per heavy atom. The Morgan fingerprint density at radius 2 is 1.82 bits per heavy atom. The van der Waals surface area contributed by atoms with Gasteiger partial charge in [-0.3, -0.25) is 0 Å². The van der Waals surface area contributed by atoms with E-state index in [0.717, 1.165) is 18.4 Å². The van der Waals surface area contributed by atoms with Gasteiger partial charge in [0.1, 0.15) is 0 Å². The summed E-state index contributed by atoms with van der Waals surface area (Å²) < 4.78 is 34.0. The molecule has 1 aliphatic rings. The first-order valence-electron chi connectivity index (χ1n) is 5.87. The Morgan fingerprint density at radius 1 is 1.18 bits per heavy atom. The summed E-state index contributed by atoms with van der Waals surface area (Å²) in [5, 5.41) is 0. The molecule has 2 nitrogen and oxygen atoms in total. The number of hydrogen-bond acceptors (Lipinski definition) is 2. The number of benzene rings is 1. The highest BCUT2D eigenvalue weighted by Gasteiger charge is 2.25. The van der Waals surface area contributed by atoms with Gasteiger partial charge in [-0.2, -0.15) is 8.78 Å². The van der Waals surface area contributed by atoms with E-state index < -0.39 is 6.61 Å². The fourth-order valence-electron chi connectivity index (χ4n) is 1.27. The lowest BCUT2D eigenvalue weighted by molar-refractivity contribution is -0.0516. The maximum Gasteiger partial charge on any atom is 0.387 e. The number of ether oxygens (including phenoxy) is 2. The van der Waals surface area contributed by atoms with Gasteiger partial charge in [0.25, 0.3) is 0 Å². The molecule has 0 saturated heterocycles. The Balaban J connectivity index is 0.000000686. The molecule has 17 heavy (non-hydrogen) atoms. The molecule has 0 aliphatic heterocycles. The molecule has 4 heteroatoms. The van der Waals surface area contributed by atoms with Gasteiger partial charge in [0.2, 0.25) is 0 Å². The third kappa shape index (κ3) is 4.59. The van der Waals surface area contributed by atoms with Crippen LogP contribution in [-0.2, 0) is 0 Å². The topological polar surface area (TPSA) is 18.5 Å². The van der Waals surface area contributed by atoms with Gasteiger partial charge in [-0.15, -0.1) is 0 Å². The minimum Gasteiger partial charge on any atom is -0.487 e. The van der Waals surface area contributed by atoms with Gasteiger partial charge in [-0.05, 0) is 37.5 Å². The summed E-state index contributed by atoms with van der Waals surface area (Å²) >= 11 is 0. The largest absolute Gasteiger partial charge is 0.487 e. The van der Waals surface area contributed by atoms with E-state index in [4.69, 9.17) is 4.74 Å². The van der Waals surface area contributed by atoms with Crippen molar-refractivity contribution in [1.82, 2.24) is 0 Å². The van der Waals surface area contributed by atoms with Crippen molar-refractivity contribution in [3.63, 3.8) is 0 Å². The molecule has 2 rings (SSSR count). The quantitative estimate of drug-likeness (QED) is 0.791. The summed E-state index contributed by atoms with van der Waals surface area (Å²) in [6.45, 7) is 3.07. The number of alkyl halides is 2. The van der Waals surface area contributed by atoms with Gasteiger partial charge < -0.3 is 9.47 Å². The lowest BCUT2D eigenvalue weighted by Crippen LogP contribution is -2.05. The van der Waals surface area contributed by atoms with Crippen molar-refractivity contribution in [2.75, 3.05) is 0 Å². The molecule has 96 valence electrons. The number of aryl methyl sites for hydroxylation is 1. The van der Waals surface area contributed by atoms with E-state index in [0.29, 0.717) is 5.75 Å². The highest BCUT2D eigenvalue weighted by Crippen LogP contribution is 2.34. The van der Waals surface area contributed by atoms with Crippen LogP contribution in [0.4, 0.5) is 8.78 Å². The molecule has 0 atom stereocenters. The minimum atomic E-state index is -2.81. The highest BCUT2D eigenvalue weighted by atomic mass is 19.3. The van der Waals surface area contributed by atoms with E-state index >= 15 is 0 Å². The molecule has 0 amide bonds. The summed E-state index contributed by atoms with van der Waals surface area (Å²) in [7, 11) is 0. The predicted molar refractivity (Wildman–Crippen MR) is 62.8 cm³/mol. The van der Waals surface area contributed by atoms with Crippen LogP contribution in [0, 0.1) is 6.92 Å². The van der Waals surface area contributed by atoms with Crippen LogP contribution in [0.3, 0.4) is 0 Å². The van der Waals surface area contributed by atoms with Gasteiger partial charge in [0.05, 0.1) is 6.10 Å². The summed E-state index contributed by atoms with van der Waals surface area (Å²) in [4.78, 5) is 0. The summed E-state index contributed by atoms with van der Waals surface area (Å²) in [5.74, 6) is 0.528. The number of rotatable bonds is 4. The Labute approximate surface area is 101 Å². The molecule has 1 aliphatic carbocycles. The van der Waals surface area contributed by atoms with E-state index in [1.807, 2.05) is 20.8 Å². The van der Waals surface area contributed by atoms with E-state index in [9.17, 15) is 8.78 Å². The first-order valence-corrected chi connectivity index (χ1v) is 5.87. The third-order valence-electron chi connectivity index (χ3n) is 2.13.